The summed E-state index contributed by atoms with van der Waals surface area (Å²) in [5.41, 5.74) is 5.94. The number of fused-ring (bicyclic) bond motifs is 2. The van der Waals surface area contributed by atoms with Crippen LogP contribution < -0.4 is 5.73 Å². The molecule has 3 aliphatic rings. The Bertz CT molecular complexity index is 297. The van der Waals surface area contributed by atoms with Crippen molar-refractivity contribution in [1.82, 2.24) is 4.90 Å². The zero-order valence-electron chi connectivity index (χ0n) is 10.3. The summed E-state index contributed by atoms with van der Waals surface area (Å²) in [5.74, 6) is 2.33. The van der Waals surface area contributed by atoms with E-state index in [2.05, 4.69) is 0 Å². The summed E-state index contributed by atoms with van der Waals surface area (Å²) in [5, 5.41) is 0. The standard InChI is InChI=1S/C13H22N2O.ClH/c14-11-2-1-5-15(8-11)13(16)12-7-9-3-4-10(12)6-9;/h9-12H,1-8,14H2;1H. The van der Waals surface area contributed by atoms with Gasteiger partial charge in [0.1, 0.15) is 0 Å². The topological polar surface area (TPSA) is 46.3 Å². The van der Waals surface area contributed by atoms with Gasteiger partial charge in [-0.3, -0.25) is 4.79 Å². The van der Waals surface area contributed by atoms with Crippen molar-refractivity contribution in [3.63, 3.8) is 0 Å². The van der Waals surface area contributed by atoms with Crippen LogP contribution in [0.1, 0.15) is 38.5 Å². The number of rotatable bonds is 1. The quantitative estimate of drug-likeness (QED) is 0.780. The van der Waals surface area contributed by atoms with E-state index in [4.69, 9.17) is 5.73 Å². The Kier molecular flexibility index (Phi) is 3.99. The van der Waals surface area contributed by atoms with E-state index in [0.29, 0.717) is 17.7 Å². The summed E-state index contributed by atoms with van der Waals surface area (Å²) in [4.78, 5) is 14.4. The summed E-state index contributed by atoms with van der Waals surface area (Å²) >= 11 is 0. The first kappa shape index (κ1) is 13.2. The molecular weight excluding hydrogens is 236 g/mol. The van der Waals surface area contributed by atoms with Crippen molar-refractivity contribution in [2.75, 3.05) is 13.1 Å². The van der Waals surface area contributed by atoms with Gasteiger partial charge in [-0.05, 0) is 43.9 Å². The third kappa shape index (κ3) is 2.45. The lowest BCUT2D eigenvalue weighted by Gasteiger charge is -2.34. The van der Waals surface area contributed by atoms with Gasteiger partial charge in [-0.25, -0.2) is 0 Å². The van der Waals surface area contributed by atoms with Gasteiger partial charge in [0.25, 0.3) is 0 Å². The molecule has 3 rings (SSSR count). The molecular formula is C13H23ClN2O. The van der Waals surface area contributed by atoms with E-state index in [1.165, 1.54) is 19.3 Å². The van der Waals surface area contributed by atoms with Gasteiger partial charge in [0.05, 0.1) is 0 Å². The zero-order valence-corrected chi connectivity index (χ0v) is 11.1. The first-order chi connectivity index (χ1) is 7.74. The van der Waals surface area contributed by atoms with Crippen LogP contribution in [0.3, 0.4) is 0 Å². The van der Waals surface area contributed by atoms with Crippen LogP contribution in [0, 0.1) is 17.8 Å². The van der Waals surface area contributed by atoms with Crippen molar-refractivity contribution < 1.29 is 4.79 Å². The SMILES string of the molecule is Cl.NC1CCCN(C(=O)C2CC3CCC2C3)C1. The fraction of sp³-hybridized carbons (Fsp3) is 0.923. The van der Waals surface area contributed by atoms with Gasteiger partial charge in [-0.2, -0.15) is 0 Å². The Hall–Kier alpha value is -0.280. The second-order valence-electron chi connectivity index (χ2n) is 5.97. The molecule has 1 heterocycles. The van der Waals surface area contributed by atoms with Gasteiger partial charge >= 0.3 is 0 Å². The summed E-state index contributed by atoms with van der Waals surface area (Å²) in [6.45, 7) is 1.74. The predicted octanol–water partition coefficient (Wildman–Crippen LogP) is 1.79. The molecule has 2 aliphatic carbocycles. The Morgan fingerprint density at radius 1 is 1.18 bits per heavy atom. The van der Waals surface area contributed by atoms with Gasteiger partial charge in [-0.15, -0.1) is 12.4 Å². The maximum atomic E-state index is 12.4. The van der Waals surface area contributed by atoms with E-state index < -0.39 is 0 Å². The smallest absolute Gasteiger partial charge is 0.226 e. The molecule has 4 unspecified atom stereocenters. The maximum absolute atomic E-state index is 12.4. The lowest BCUT2D eigenvalue weighted by molar-refractivity contribution is -0.138. The molecule has 0 radical (unpaired) electrons. The minimum Gasteiger partial charge on any atom is -0.341 e. The lowest BCUT2D eigenvalue weighted by Crippen LogP contribution is -2.48. The Morgan fingerprint density at radius 2 is 2.00 bits per heavy atom. The highest BCUT2D eigenvalue weighted by Gasteiger charge is 2.44. The first-order valence-electron chi connectivity index (χ1n) is 6.78. The monoisotopic (exact) mass is 258 g/mol. The fourth-order valence-corrected chi connectivity index (χ4v) is 3.99. The molecule has 17 heavy (non-hydrogen) atoms. The molecule has 3 nitrogen and oxygen atoms in total. The molecule has 4 heteroatoms. The van der Waals surface area contributed by atoms with Crippen molar-refractivity contribution in [3.05, 3.63) is 0 Å². The number of nitrogens with two attached hydrogens (primary N) is 1. The number of hydrogen-bond donors (Lipinski definition) is 1. The van der Waals surface area contributed by atoms with Gasteiger partial charge in [0.15, 0.2) is 0 Å². The van der Waals surface area contributed by atoms with Gasteiger partial charge in [0.2, 0.25) is 5.91 Å². The number of halogens is 1. The molecule has 0 aromatic carbocycles. The van der Waals surface area contributed by atoms with Crippen LogP contribution in [0.4, 0.5) is 0 Å². The van der Waals surface area contributed by atoms with Crippen LogP contribution in [0.2, 0.25) is 0 Å². The van der Waals surface area contributed by atoms with Gasteiger partial charge in [0, 0.05) is 25.0 Å². The van der Waals surface area contributed by atoms with Gasteiger partial charge < -0.3 is 10.6 Å². The summed E-state index contributed by atoms with van der Waals surface area (Å²) in [6.07, 6.45) is 7.31. The Labute approximate surface area is 110 Å². The molecule has 1 aliphatic heterocycles. The second kappa shape index (κ2) is 5.15. The molecule has 0 aromatic rings. The van der Waals surface area contributed by atoms with Crippen molar-refractivity contribution in [2.24, 2.45) is 23.5 Å². The minimum atomic E-state index is 0. The molecule has 0 spiro atoms. The number of hydrogen-bond acceptors (Lipinski definition) is 2. The largest absolute Gasteiger partial charge is 0.341 e. The molecule has 98 valence electrons. The van der Waals surface area contributed by atoms with Crippen LogP contribution in [0.15, 0.2) is 0 Å². The maximum Gasteiger partial charge on any atom is 0.226 e. The minimum absolute atomic E-state index is 0. The number of carbonyl (C=O) groups excluding carboxylic acids is 1. The number of likely N-dealkylation sites (tertiary alicyclic amines) is 1. The molecule has 1 amide bonds. The number of nitrogens with zero attached hydrogens (tertiary/aromatic N) is 1. The summed E-state index contributed by atoms with van der Waals surface area (Å²) < 4.78 is 0. The van der Waals surface area contributed by atoms with Crippen molar-refractivity contribution in [2.45, 2.75) is 44.6 Å². The van der Waals surface area contributed by atoms with E-state index >= 15 is 0 Å². The fourth-order valence-electron chi connectivity index (χ4n) is 3.99. The highest BCUT2D eigenvalue weighted by Crippen LogP contribution is 2.48. The van der Waals surface area contributed by atoms with Crippen LogP contribution in [-0.4, -0.2) is 29.9 Å². The normalized spacial score (nSPS) is 40.2. The van der Waals surface area contributed by atoms with Crippen LogP contribution in [-0.2, 0) is 4.79 Å². The van der Waals surface area contributed by atoms with Crippen LogP contribution in [0.25, 0.3) is 0 Å². The molecule has 1 saturated heterocycles. The Morgan fingerprint density at radius 3 is 2.59 bits per heavy atom. The van der Waals surface area contributed by atoms with Crippen molar-refractivity contribution in [1.29, 1.82) is 0 Å². The second-order valence-corrected chi connectivity index (χ2v) is 5.97. The average molecular weight is 259 g/mol. The van der Waals surface area contributed by atoms with Gasteiger partial charge in [-0.1, -0.05) is 6.42 Å². The van der Waals surface area contributed by atoms with E-state index in [1.54, 1.807) is 0 Å². The predicted molar refractivity (Wildman–Crippen MR) is 70.0 cm³/mol. The molecule has 2 bridgehead atoms. The molecule has 0 aromatic heterocycles. The van der Waals surface area contributed by atoms with Crippen molar-refractivity contribution in [3.8, 4) is 0 Å². The molecule has 2 saturated carbocycles. The highest BCUT2D eigenvalue weighted by atomic mass is 35.5. The third-order valence-electron chi connectivity index (χ3n) is 4.82. The van der Waals surface area contributed by atoms with Crippen LogP contribution in [0.5, 0.6) is 0 Å². The van der Waals surface area contributed by atoms with Crippen molar-refractivity contribution >= 4 is 18.3 Å². The summed E-state index contributed by atoms with van der Waals surface area (Å²) in [7, 11) is 0. The zero-order chi connectivity index (χ0) is 11.1. The summed E-state index contributed by atoms with van der Waals surface area (Å²) in [6, 6.07) is 0.219. The van der Waals surface area contributed by atoms with E-state index in [9.17, 15) is 4.79 Å². The molecule has 2 N–H and O–H groups in total. The Balaban J connectivity index is 0.00000108. The average Bonchev–Trinajstić information content (AvgIpc) is 2.89. The first-order valence-corrected chi connectivity index (χ1v) is 6.78. The van der Waals surface area contributed by atoms with E-state index in [0.717, 1.165) is 38.3 Å². The number of amides is 1. The lowest BCUT2D eigenvalue weighted by atomic mass is 9.87. The third-order valence-corrected chi connectivity index (χ3v) is 4.82. The number of carbonyl (C=O) groups is 1. The highest BCUT2D eigenvalue weighted by molar-refractivity contribution is 5.85. The number of piperidine rings is 1. The van der Waals surface area contributed by atoms with E-state index in [-0.39, 0.29) is 18.4 Å². The molecule has 4 atom stereocenters. The van der Waals surface area contributed by atoms with Crippen LogP contribution >= 0.6 is 12.4 Å². The van der Waals surface area contributed by atoms with E-state index in [1.807, 2.05) is 4.90 Å². The molecule has 3 fully saturated rings.